The minimum absolute atomic E-state index is 0.284. The molecule has 2 aromatic rings. The van der Waals surface area contributed by atoms with Gasteiger partial charge in [0.1, 0.15) is 5.82 Å². The monoisotopic (exact) mass is 326 g/mol. The summed E-state index contributed by atoms with van der Waals surface area (Å²) in [5.74, 6) is -0.382. The van der Waals surface area contributed by atoms with Crippen LogP contribution < -0.4 is 10.6 Å². The van der Waals surface area contributed by atoms with Crippen molar-refractivity contribution >= 4 is 52.1 Å². The third-order valence-corrected chi connectivity index (χ3v) is 3.79. The maximum atomic E-state index is 12.9. The van der Waals surface area contributed by atoms with Crippen molar-refractivity contribution in [1.29, 1.82) is 0 Å². The first-order valence-corrected chi connectivity index (χ1v) is 7.76. The van der Waals surface area contributed by atoms with Crippen LogP contribution in [-0.2, 0) is 0 Å². The number of hydrogen-bond acceptors (Lipinski definition) is 2. The fourth-order valence-electron chi connectivity index (χ4n) is 1.55. The lowest BCUT2D eigenvalue weighted by atomic mass is 10.3. The molecular weight excluding hydrogens is 315 g/mol. The lowest BCUT2D eigenvalue weighted by molar-refractivity contribution is 0.628. The highest BCUT2D eigenvalue weighted by Crippen LogP contribution is 2.23. The quantitative estimate of drug-likeness (QED) is 0.611. The molecule has 0 aliphatic heterocycles. The van der Waals surface area contributed by atoms with Crippen molar-refractivity contribution < 1.29 is 4.39 Å². The highest BCUT2D eigenvalue weighted by Gasteiger charge is 2.04. The van der Waals surface area contributed by atoms with Crippen LogP contribution in [0.3, 0.4) is 0 Å². The van der Waals surface area contributed by atoms with Crippen molar-refractivity contribution in [2.24, 2.45) is 0 Å². The van der Waals surface area contributed by atoms with Gasteiger partial charge < -0.3 is 10.6 Å². The second-order valence-electron chi connectivity index (χ2n) is 3.93. The predicted molar refractivity (Wildman–Crippen MR) is 89.5 cm³/mol. The van der Waals surface area contributed by atoms with Crippen molar-refractivity contribution in [3.8, 4) is 0 Å². The molecule has 104 valence electrons. The topological polar surface area (TPSA) is 24.1 Å². The fraction of sp³-hybridized carbons (Fsp3) is 0.0714. The third-order valence-electron chi connectivity index (χ3n) is 2.53. The molecule has 0 heterocycles. The van der Waals surface area contributed by atoms with Gasteiger partial charge >= 0.3 is 0 Å². The first kappa shape index (κ1) is 15.1. The van der Waals surface area contributed by atoms with Crippen LogP contribution in [0.4, 0.5) is 15.8 Å². The minimum atomic E-state index is -0.382. The van der Waals surface area contributed by atoms with Gasteiger partial charge in [0.05, 0.1) is 10.7 Å². The Labute approximate surface area is 131 Å². The van der Waals surface area contributed by atoms with Crippen LogP contribution in [0.15, 0.2) is 47.4 Å². The van der Waals surface area contributed by atoms with Gasteiger partial charge in [-0.1, -0.05) is 11.6 Å². The molecule has 0 spiro atoms. The molecule has 0 saturated carbocycles. The molecule has 6 heteroatoms. The maximum absolute atomic E-state index is 12.9. The summed E-state index contributed by atoms with van der Waals surface area (Å²) in [6.07, 6.45) is 2.02. The van der Waals surface area contributed by atoms with Crippen molar-refractivity contribution in [1.82, 2.24) is 0 Å². The molecule has 2 aromatic carbocycles. The van der Waals surface area contributed by atoms with Crippen LogP contribution in [0.25, 0.3) is 0 Å². The van der Waals surface area contributed by atoms with E-state index in [0.29, 0.717) is 10.8 Å². The SMILES string of the molecule is CSc1ccc(NC(=S)Nc2ccc(F)cc2Cl)cc1. The highest BCUT2D eigenvalue weighted by atomic mass is 35.5. The second kappa shape index (κ2) is 6.92. The molecular formula is C14H12ClFN2S2. The van der Waals surface area contributed by atoms with Crippen molar-refractivity contribution in [2.45, 2.75) is 4.90 Å². The molecule has 0 aliphatic carbocycles. The van der Waals surface area contributed by atoms with E-state index < -0.39 is 0 Å². The first-order valence-electron chi connectivity index (χ1n) is 5.75. The Morgan fingerprint density at radius 1 is 1.15 bits per heavy atom. The summed E-state index contributed by atoms with van der Waals surface area (Å²) >= 11 is 12.8. The molecule has 0 atom stereocenters. The summed E-state index contributed by atoms with van der Waals surface area (Å²) < 4.78 is 12.9. The Morgan fingerprint density at radius 2 is 1.85 bits per heavy atom. The van der Waals surface area contributed by atoms with Crippen LogP contribution >= 0.6 is 35.6 Å². The molecule has 0 aromatic heterocycles. The van der Waals surface area contributed by atoms with Gasteiger partial charge in [0.25, 0.3) is 0 Å². The van der Waals surface area contributed by atoms with E-state index in [4.69, 9.17) is 23.8 Å². The molecule has 2 N–H and O–H groups in total. The Hall–Kier alpha value is -1.30. The Kier molecular flexibility index (Phi) is 5.23. The smallest absolute Gasteiger partial charge is 0.175 e. The lowest BCUT2D eigenvalue weighted by Crippen LogP contribution is -2.19. The lowest BCUT2D eigenvalue weighted by Gasteiger charge is -2.12. The number of hydrogen-bond donors (Lipinski definition) is 2. The summed E-state index contributed by atoms with van der Waals surface area (Å²) in [6, 6.07) is 12.0. The summed E-state index contributed by atoms with van der Waals surface area (Å²) in [7, 11) is 0. The number of halogens is 2. The second-order valence-corrected chi connectivity index (χ2v) is 5.63. The predicted octanol–water partition coefficient (Wildman–Crippen LogP) is 5.01. The number of benzene rings is 2. The van der Waals surface area contributed by atoms with Gasteiger partial charge in [-0.2, -0.15) is 0 Å². The van der Waals surface area contributed by atoms with Crippen molar-refractivity contribution in [3.05, 3.63) is 53.3 Å². The molecule has 0 saturated heterocycles. The van der Waals surface area contributed by atoms with Crippen molar-refractivity contribution in [2.75, 3.05) is 16.9 Å². The van der Waals surface area contributed by atoms with Crippen LogP contribution in [0.2, 0.25) is 5.02 Å². The zero-order valence-electron chi connectivity index (χ0n) is 10.6. The molecule has 2 rings (SSSR count). The van der Waals surface area contributed by atoms with E-state index in [0.717, 1.165) is 5.69 Å². The summed E-state index contributed by atoms with van der Waals surface area (Å²) in [4.78, 5) is 1.18. The molecule has 2 nitrogen and oxygen atoms in total. The van der Waals surface area contributed by atoms with Crippen LogP contribution in [-0.4, -0.2) is 11.4 Å². The molecule has 20 heavy (non-hydrogen) atoms. The van der Waals surface area contributed by atoms with Crippen LogP contribution in [0, 0.1) is 5.82 Å². The number of anilines is 2. The molecule has 0 aliphatic rings. The van der Waals surface area contributed by atoms with Gasteiger partial charge in [-0.05, 0) is 60.9 Å². The van der Waals surface area contributed by atoms with Crippen molar-refractivity contribution in [3.63, 3.8) is 0 Å². The van der Waals surface area contributed by atoms with Gasteiger partial charge in [-0.15, -0.1) is 11.8 Å². The van der Waals surface area contributed by atoms with Crippen LogP contribution in [0.1, 0.15) is 0 Å². The normalized spacial score (nSPS) is 10.2. The van der Waals surface area contributed by atoms with E-state index >= 15 is 0 Å². The largest absolute Gasteiger partial charge is 0.332 e. The Bertz CT molecular complexity index is 617. The van der Waals surface area contributed by atoms with Gasteiger partial charge in [0, 0.05) is 10.6 Å². The maximum Gasteiger partial charge on any atom is 0.175 e. The van der Waals surface area contributed by atoms with E-state index in [1.165, 1.54) is 17.0 Å². The molecule has 0 amide bonds. The number of nitrogens with one attached hydrogen (secondary N) is 2. The number of thiocarbonyl (C=S) groups is 1. The van der Waals surface area contributed by atoms with E-state index in [1.54, 1.807) is 17.8 Å². The van der Waals surface area contributed by atoms with Gasteiger partial charge in [0.2, 0.25) is 0 Å². The van der Waals surface area contributed by atoms with Crippen LogP contribution in [0.5, 0.6) is 0 Å². The van der Waals surface area contributed by atoms with Gasteiger partial charge in [0.15, 0.2) is 5.11 Å². The van der Waals surface area contributed by atoms with E-state index in [2.05, 4.69) is 10.6 Å². The average Bonchev–Trinajstić information content (AvgIpc) is 2.43. The van der Waals surface area contributed by atoms with E-state index in [9.17, 15) is 4.39 Å². The zero-order valence-corrected chi connectivity index (χ0v) is 13.0. The first-order chi connectivity index (χ1) is 9.58. The molecule has 0 radical (unpaired) electrons. The molecule has 0 unspecified atom stereocenters. The average molecular weight is 327 g/mol. The minimum Gasteiger partial charge on any atom is -0.332 e. The summed E-state index contributed by atoms with van der Waals surface area (Å²) in [5.41, 5.74) is 1.44. The van der Waals surface area contributed by atoms with Gasteiger partial charge in [-0.3, -0.25) is 0 Å². The van der Waals surface area contributed by atoms with Gasteiger partial charge in [-0.25, -0.2) is 4.39 Å². The number of thioether (sulfide) groups is 1. The van der Waals surface area contributed by atoms with E-state index in [-0.39, 0.29) is 10.8 Å². The molecule has 0 bridgehead atoms. The fourth-order valence-corrected chi connectivity index (χ4v) is 2.40. The Balaban J connectivity index is 2.01. The Morgan fingerprint density at radius 3 is 2.45 bits per heavy atom. The summed E-state index contributed by atoms with van der Waals surface area (Å²) in [5, 5.41) is 6.66. The highest BCUT2D eigenvalue weighted by molar-refractivity contribution is 7.98. The van der Waals surface area contributed by atoms with E-state index in [1.807, 2.05) is 30.5 Å². The third kappa shape index (κ3) is 4.10. The molecule has 0 fully saturated rings. The standard InChI is InChI=1S/C14H12ClFN2S2/c1-20-11-5-3-10(4-6-11)17-14(19)18-13-7-2-9(16)8-12(13)15/h2-8H,1H3,(H2,17,18,19). The zero-order chi connectivity index (χ0) is 14.5. The summed E-state index contributed by atoms with van der Waals surface area (Å²) in [6.45, 7) is 0. The number of rotatable bonds is 3.